The van der Waals surface area contributed by atoms with Crippen molar-refractivity contribution in [3.8, 4) is 0 Å². The third-order valence-electron chi connectivity index (χ3n) is 4.20. The fraction of sp³-hybridized carbons (Fsp3) is 0.294. The summed E-state index contributed by atoms with van der Waals surface area (Å²) in [5.41, 5.74) is 3.27. The first-order chi connectivity index (χ1) is 9.75. The summed E-state index contributed by atoms with van der Waals surface area (Å²) in [5, 5.41) is 14.2. The first kappa shape index (κ1) is 13.6. The van der Waals surface area contributed by atoms with Crippen molar-refractivity contribution in [3.63, 3.8) is 0 Å². The molecule has 0 spiro atoms. The molecule has 1 unspecified atom stereocenters. The second-order valence-electron chi connectivity index (χ2n) is 5.34. The number of nitrogens with one attached hydrogen (secondary N) is 1. The van der Waals surface area contributed by atoms with Gasteiger partial charge in [0.2, 0.25) is 0 Å². The minimum absolute atomic E-state index is 0.106. The molecular weight excluding hydrogens is 270 g/mol. The van der Waals surface area contributed by atoms with Gasteiger partial charge in [-0.15, -0.1) is 0 Å². The maximum Gasteiger partial charge on any atom is 0.0677 e. The van der Waals surface area contributed by atoms with Crippen LogP contribution in [0.15, 0.2) is 48.5 Å². The van der Waals surface area contributed by atoms with Crippen LogP contribution in [0.1, 0.15) is 23.1 Å². The number of aliphatic hydroxyl groups is 1. The van der Waals surface area contributed by atoms with Crippen molar-refractivity contribution < 1.29 is 5.11 Å². The highest BCUT2D eigenvalue weighted by Crippen LogP contribution is 2.36. The lowest BCUT2D eigenvalue weighted by Crippen LogP contribution is -2.43. The van der Waals surface area contributed by atoms with E-state index in [1.54, 1.807) is 0 Å². The number of benzene rings is 2. The molecule has 0 heterocycles. The summed E-state index contributed by atoms with van der Waals surface area (Å²) in [4.78, 5) is 0. The Hall–Kier alpha value is -1.35. The van der Waals surface area contributed by atoms with E-state index in [9.17, 15) is 5.11 Å². The molecule has 0 bridgehead atoms. The van der Waals surface area contributed by atoms with Crippen LogP contribution in [-0.2, 0) is 18.5 Å². The molecule has 3 rings (SSSR count). The van der Waals surface area contributed by atoms with E-state index >= 15 is 0 Å². The standard InChI is InChI=1S/C17H18ClNO/c18-16-8-4-2-6-14(16)11-19-17(12-20)10-9-13-5-1-3-7-15(13)17/h1-8,19-20H,9-12H2. The van der Waals surface area contributed by atoms with Crippen LogP contribution in [0.2, 0.25) is 5.02 Å². The molecule has 20 heavy (non-hydrogen) atoms. The second-order valence-corrected chi connectivity index (χ2v) is 5.75. The lowest BCUT2D eigenvalue weighted by atomic mass is 9.92. The number of hydrogen-bond acceptors (Lipinski definition) is 2. The molecule has 2 N–H and O–H groups in total. The predicted molar refractivity (Wildman–Crippen MR) is 81.8 cm³/mol. The van der Waals surface area contributed by atoms with Crippen molar-refractivity contribution in [1.82, 2.24) is 5.32 Å². The maximum atomic E-state index is 9.92. The number of halogens is 1. The SMILES string of the molecule is OCC1(NCc2ccccc2Cl)CCc2ccccc21. The van der Waals surface area contributed by atoms with Crippen molar-refractivity contribution >= 4 is 11.6 Å². The minimum Gasteiger partial charge on any atom is -0.394 e. The van der Waals surface area contributed by atoms with Crippen molar-refractivity contribution in [2.24, 2.45) is 0 Å². The number of aliphatic hydroxyl groups excluding tert-OH is 1. The van der Waals surface area contributed by atoms with Gasteiger partial charge >= 0.3 is 0 Å². The molecule has 1 atom stereocenters. The maximum absolute atomic E-state index is 9.92. The minimum atomic E-state index is -0.338. The molecular formula is C17H18ClNO. The van der Waals surface area contributed by atoms with E-state index in [2.05, 4.69) is 23.5 Å². The van der Waals surface area contributed by atoms with E-state index in [4.69, 9.17) is 11.6 Å². The summed E-state index contributed by atoms with van der Waals surface area (Å²) in [6.07, 6.45) is 1.93. The van der Waals surface area contributed by atoms with Gasteiger partial charge in [-0.2, -0.15) is 0 Å². The van der Waals surface area contributed by atoms with Crippen molar-refractivity contribution in [1.29, 1.82) is 0 Å². The van der Waals surface area contributed by atoms with E-state index in [-0.39, 0.29) is 12.1 Å². The van der Waals surface area contributed by atoms with E-state index < -0.39 is 0 Å². The first-order valence-corrected chi connectivity index (χ1v) is 7.31. The summed E-state index contributed by atoms with van der Waals surface area (Å²) in [6, 6.07) is 16.2. The van der Waals surface area contributed by atoms with Gasteiger partial charge in [0.1, 0.15) is 0 Å². The second kappa shape index (κ2) is 5.57. The van der Waals surface area contributed by atoms with Gasteiger partial charge in [-0.05, 0) is 35.6 Å². The van der Waals surface area contributed by atoms with Crippen LogP contribution in [0, 0.1) is 0 Å². The third-order valence-corrected chi connectivity index (χ3v) is 4.57. The zero-order valence-corrected chi connectivity index (χ0v) is 12.0. The summed E-state index contributed by atoms with van der Waals surface area (Å²) < 4.78 is 0. The summed E-state index contributed by atoms with van der Waals surface area (Å²) in [5.74, 6) is 0. The number of rotatable bonds is 4. The normalized spacial score (nSPS) is 20.9. The van der Waals surface area contributed by atoms with Crippen LogP contribution in [0.25, 0.3) is 0 Å². The smallest absolute Gasteiger partial charge is 0.0677 e. The quantitative estimate of drug-likeness (QED) is 0.905. The van der Waals surface area contributed by atoms with Crippen LogP contribution < -0.4 is 5.32 Å². The van der Waals surface area contributed by atoms with Gasteiger partial charge in [-0.1, -0.05) is 54.1 Å². The molecule has 2 nitrogen and oxygen atoms in total. The van der Waals surface area contributed by atoms with Crippen LogP contribution in [0.4, 0.5) is 0 Å². The average molecular weight is 288 g/mol. The Labute approximate surface area is 124 Å². The highest BCUT2D eigenvalue weighted by molar-refractivity contribution is 6.31. The van der Waals surface area contributed by atoms with Gasteiger partial charge in [-0.3, -0.25) is 0 Å². The molecule has 2 aromatic rings. The van der Waals surface area contributed by atoms with Gasteiger partial charge in [0.05, 0.1) is 12.1 Å². The average Bonchev–Trinajstić information content (AvgIpc) is 2.86. The molecule has 0 saturated carbocycles. The molecule has 0 fully saturated rings. The molecule has 0 aromatic heterocycles. The zero-order valence-electron chi connectivity index (χ0n) is 11.3. The Kier molecular flexibility index (Phi) is 3.79. The molecule has 1 aliphatic carbocycles. The van der Waals surface area contributed by atoms with Gasteiger partial charge in [0.25, 0.3) is 0 Å². The number of aryl methyl sites for hydroxylation is 1. The fourth-order valence-corrected chi connectivity index (χ4v) is 3.20. The Morgan fingerprint density at radius 2 is 1.85 bits per heavy atom. The van der Waals surface area contributed by atoms with E-state index in [0.717, 1.165) is 23.4 Å². The summed E-state index contributed by atoms with van der Waals surface area (Å²) in [7, 11) is 0. The lowest BCUT2D eigenvalue weighted by molar-refractivity contribution is 0.159. The van der Waals surface area contributed by atoms with E-state index in [0.29, 0.717) is 6.54 Å². The van der Waals surface area contributed by atoms with Gasteiger partial charge in [-0.25, -0.2) is 0 Å². The topological polar surface area (TPSA) is 32.3 Å². The monoisotopic (exact) mass is 287 g/mol. The molecule has 0 amide bonds. The van der Waals surface area contributed by atoms with Crippen molar-refractivity contribution in [2.75, 3.05) is 6.61 Å². The first-order valence-electron chi connectivity index (χ1n) is 6.93. The number of fused-ring (bicyclic) bond motifs is 1. The van der Waals surface area contributed by atoms with Crippen molar-refractivity contribution in [3.05, 3.63) is 70.2 Å². The Balaban J connectivity index is 1.84. The van der Waals surface area contributed by atoms with Crippen LogP contribution >= 0.6 is 11.6 Å². The molecule has 104 valence electrons. The van der Waals surface area contributed by atoms with Gasteiger partial charge in [0.15, 0.2) is 0 Å². The van der Waals surface area contributed by atoms with E-state index in [1.807, 2.05) is 30.3 Å². The van der Waals surface area contributed by atoms with Crippen LogP contribution in [0.3, 0.4) is 0 Å². The molecule has 3 heteroatoms. The zero-order chi connectivity index (χ0) is 14.0. The largest absolute Gasteiger partial charge is 0.394 e. The lowest BCUT2D eigenvalue weighted by Gasteiger charge is -2.30. The summed E-state index contributed by atoms with van der Waals surface area (Å²) >= 11 is 6.20. The Morgan fingerprint density at radius 3 is 2.65 bits per heavy atom. The van der Waals surface area contributed by atoms with Gasteiger partial charge in [0, 0.05) is 11.6 Å². The molecule has 0 saturated heterocycles. The summed E-state index contributed by atoms with van der Waals surface area (Å²) in [6.45, 7) is 0.767. The third kappa shape index (κ3) is 2.35. The Bertz CT molecular complexity index is 613. The number of hydrogen-bond donors (Lipinski definition) is 2. The molecule has 2 aromatic carbocycles. The van der Waals surface area contributed by atoms with Crippen molar-refractivity contribution in [2.45, 2.75) is 24.9 Å². The highest BCUT2D eigenvalue weighted by Gasteiger charge is 2.37. The molecule has 1 aliphatic rings. The van der Waals surface area contributed by atoms with Crippen LogP contribution in [0.5, 0.6) is 0 Å². The van der Waals surface area contributed by atoms with Gasteiger partial charge < -0.3 is 10.4 Å². The highest BCUT2D eigenvalue weighted by atomic mass is 35.5. The molecule has 0 aliphatic heterocycles. The van der Waals surface area contributed by atoms with Crippen LogP contribution in [-0.4, -0.2) is 11.7 Å². The predicted octanol–water partition coefficient (Wildman–Crippen LogP) is 3.26. The fourth-order valence-electron chi connectivity index (χ4n) is 3.00. The van der Waals surface area contributed by atoms with E-state index in [1.165, 1.54) is 11.1 Å². The Morgan fingerprint density at radius 1 is 1.10 bits per heavy atom. The molecule has 0 radical (unpaired) electrons.